The van der Waals surface area contributed by atoms with Crippen LogP contribution in [0.25, 0.3) is 0 Å². The highest BCUT2D eigenvalue weighted by atomic mass is 16.3. The molecule has 1 aliphatic heterocycles. The summed E-state index contributed by atoms with van der Waals surface area (Å²) in [5.74, 6) is 0.146. The van der Waals surface area contributed by atoms with Crippen molar-refractivity contribution in [1.82, 2.24) is 4.90 Å². The summed E-state index contributed by atoms with van der Waals surface area (Å²) in [7, 11) is 0. The number of fused-ring (bicyclic) bond motifs is 1. The molecule has 2 aromatic carbocycles. The number of benzene rings is 2. The van der Waals surface area contributed by atoms with Gasteiger partial charge in [0.2, 0.25) is 0 Å². The van der Waals surface area contributed by atoms with Gasteiger partial charge in [-0.05, 0) is 30.2 Å². The molecule has 3 nitrogen and oxygen atoms in total. The SMILES string of the molecule is Cc1c(O)cccc1C(=O)N1Cc2ccccc2C1. The molecular weight excluding hydrogens is 238 g/mol. The Balaban J connectivity index is 1.89. The van der Waals surface area contributed by atoms with Crippen LogP contribution in [0.2, 0.25) is 0 Å². The Labute approximate surface area is 112 Å². The molecule has 0 fully saturated rings. The van der Waals surface area contributed by atoms with Crippen LogP contribution in [-0.4, -0.2) is 15.9 Å². The first-order chi connectivity index (χ1) is 9.16. The van der Waals surface area contributed by atoms with Crippen molar-refractivity contribution in [3.63, 3.8) is 0 Å². The summed E-state index contributed by atoms with van der Waals surface area (Å²) >= 11 is 0. The van der Waals surface area contributed by atoms with Gasteiger partial charge >= 0.3 is 0 Å². The summed E-state index contributed by atoms with van der Waals surface area (Å²) in [6.45, 7) is 3.06. The minimum absolute atomic E-state index is 0.0235. The molecule has 3 rings (SSSR count). The summed E-state index contributed by atoms with van der Waals surface area (Å²) in [6, 6.07) is 13.2. The van der Waals surface area contributed by atoms with E-state index < -0.39 is 0 Å². The molecule has 0 saturated carbocycles. The van der Waals surface area contributed by atoms with Gasteiger partial charge in [-0.15, -0.1) is 0 Å². The molecule has 0 spiro atoms. The van der Waals surface area contributed by atoms with Crippen LogP contribution in [0.5, 0.6) is 5.75 Å². The Bertz CT molecular complexity index is 624. The topological polar surface area (TPSA) is 40.5 Å². The molecule has 0 bridgehead atoms. The molecule has 1 aliphatic rings. The van der Waals surface area contributed by atoms with Gasteiger partial charge in [-0.1, -0.05) is 30.3 Å². The largest absolute Gasteiger partial charge is 0.508 e. The van der Waals surface area contributed by atoms with Crippen LogP contribution in [0, 0.1) is 6.92 Å². The molecule has 0 unspecified atom stereocenters. The maximum absolute atomic E-state index is 12.5. The number of hydrogen-bond acceptors (Lipinski definition) is 2. The smallest absolute Gasteiger partial charge is 0.254 e. The lowest BCUT2D eigenvalue weighted by Gasteiger charge is -2.17. The number of nitrogens with zero attached hydrogens (tertiary/aromatic N) is 1. The molecule has 0 aromatic heterocycles. The first-order valence-corrected chi connectivity index (χ1v) is 6.31. The number of aromatic hydroxyl groups is 1. The maximum Gasteiger partial charge on any atom is 0.254 e. The molecular formula is C16H15NO2. The normalized spacial score (nSPS) is 13.4. The fourth-order valence-corrected chi connectivity index (χ4v) is 2.50. The van der Waals surface area contributed by atoms with E-state index in [-0.39, 0.29) is 11.7 Å². The highest BCUT2D eigenvalue weighted by molar-refractivity contribution is 5.96. The Hall–Kier alpha value is -2.29. The van der Waals surface area contributed by atoms with Gasteiger partial charge in [-0.2, -0.15) is 0 Å². The monoisotopic (exact) mass is 253 g/mol. The Morgan fingerprint density at radius 3 is 2.32 bits per heavy atom. The van der Waals surface area contributed by atoms with Crippen LogP contribution >= 0.6 is 0 Å². The standard InChI is InChI=1S/C16H15NO2/c1-11-14(7-4-8-15(11)18)16(19)17-9-12-5-2-3-6-13(12)10-17/h2-8,18H,9-10H2,1H3. The number of hydrogen-bond donors (Lipinski definition) is 1. The van der Waals surface area contributed by atoms with Crippen molar-refractivity contribution in [2.75, 3.05) is 0 Å². The summed E-state index contributed by atoms with van der Waals surface area (Å²) < 4.78 is 0. The third kappa shape index (κ3) is 1.97. The molecule has 96 valence electrons. The van der Waals surface area contributed by atoms with Gasteiger partial charge in [0.25, 0.3) is 5.91 Å². The van der Waals surface area contributed by atoms with Gasteiger partial charge < -0.3 is 10.0 Å². The van der Waals surface area contributed by atoms with E-state index in [0.717, 1.165) is 0 Å². The van der Waals surface area contributed by atoms with Crippen molar-refractivity contribution in [3.05, 3.63) is 64.7 Å². The van der Waals surface area contributed by atoms with Gasteiger partial charge in [0.15, 0.2) is 0 Å². The van der Waals surface area contributed by atoms with Crippen LogP contribution in [0.4, 0.5) is 0 Å². The number of rotatable bonds is 1. The van der Waals surface area contributed by atoms with E-state index in [2.05, 4.69) is 12.1 Å². The molecule has 0 atom stereocenters. The van der Waals surface area contributed by atoms with Gasteiger partial charge in [-0.3, -0.25) is 4.79 Å². The fraction of sp³-hybridized carbons (Fsp3) is 0.188. The highest BCUT2D eigenvalue weighted by Gasteiger charge is 2.25. The van der Waals surface area contributed by atoms with E-state index in [9.17, 15) is 9.90 Å². The third-order valence-electron chi connectivity index (χ3n) is 3.66. The molecule has 0 aliphatic carbocycles. The van der Waals surface area contributed by atoms with Crippen molar-refractivity contribution >= 4 is 5.91 Å². The molecule has 3 heteroatoms. The van der Waals surface area contributed by atoms with Crippen LogP contribution in [0.3, 0.4) is 0 Å². The van der Waals surface area contributed by atoms with Gasteiger partial charge in [-0.25, -0.2) is 0 Å². The predicted molar refractivity (Wildman–Crippen MR) is 72.9 cm³/mol. The second-order valence-corrected chi connectivity index (χ2v) is 4.88. The minimum atomic E-state index is -0.0235. The lowest BCUT2D eigenvalue weighted by atomic mass is 10.1. The Kier molecular flexibility index (Phi) is 2.75. The van der Waals surface area contributed by atoms with Crippen molar-refractivity contribution in [3.8, 4) is 5.75 Å². The van der Waals surface area contributed by atoms with E-state index in [1.54, 1.807) is 25.1 Å². The van der Waals surface area contributed by atoms with Crippen LogP contribution < -0.4 is 0 Å². The molecule has 2 aromatic rings. The zero-order valence-electron chi connectivity index (χ0n) is 10.8. The molecule has 0 radical (unpaired) electrons. The Morgan fingerprint density at radius 1 is 1.05 bits per heavy atom. The molecule has 19 heavy (non-hydrogen) atoms. The molecule has 1 amide bonds. The number of phenolic OH excluding ortho intramolecular Hbond substituents is 1. The first-order valence-electron chi connectivity index (χ1n) is 6.31. The van der Waals surface area contributed by atoms with Crippen LogP contribution in [0.15, 0.2) is 42.5 Å². The highest BCUT2D eigenvalue weighted by Crippen LogP contribution is 2.26. The van der Waals surface area contributed by atoms with E-state index in [4.69, 9.17) is 0 Å². The van der Waals surface area contributed by atoms with E-state index in [1.165, 1.54) is 11.1 Å². The predicted octanol–water partition coefficient (Wildman–Crippen LogP) is 2.86. The van der Waals surface area contributed by atoms with E-state index in [1.807, 2.05) is 17.0 Å². The van der Waals surface area contributed by atoms with E-state index >= 15 is 0 Å². The second kappa shape index (κ2) is 4.43. The Morgan fingerprint density at radius 2 is 1.68 bits per heavy atom. The van der Waals surface area contributed by atoms with Crippen molar-refractivity contribution in [2.24, 2.45) is 0 Å². The van der Waals surface area contributed by atoms with Gasteiger partial charge in [0, 0.05) is 24.2 Å². The molecule has 0 saturated heterocycles. The molecule has 1 N–H and O–H groups in total. The zero-order valence-corrected chi connectivity index (χ0v) is 10.8. The summed E-state index contributed by atoms with van der Waals surface area (Å²) in [6.07, 6.45) is 0. The molecule has 1 heterocycles. The lowest BCUT2D eigenvalue weighted by Crippen LogP contribution is -2.25. The van der Waals surface area contributed by atoms with Crippen molar-refractivity contribution < 1.29 is 9.90 Å². The van der Waals surface area contributed by atoms with E-state index in [0.29, 0.717) is 24.2 Å². The quantitative estimate of drug-likeness (QED) is 0.849. The second-order valence-electron chi connectivity index (χ2n) is 4.88. The number of amides is 1. The maximum atomic E-state index is 12.5. The first kappa shape index (κ1) is 11.8. The van der Waals surface area contributed by atoms with Crippen LogP contribution in [0.1, 0.15) is 27.0 Å². The van der Waals surface area contributed by atoms with Crippen molar-refractivity contribution in [1.29, 1.82) is 0 Å². The summed E-state index contributed by atoms with van der Waals surface area (Å²) in [5.41, 5.74) is 3.62. The summed E-state index contributed by atoms with van der Waals surface area (Å²) in [5, 5.41) is 9.69. The van der Waals surface area contributed by atoms with Crippen molar-refractivity contribution in [2.45, 2.75) is 20.0 Å². The third-order valence-corrected chi connectivity index (χ3v) is 3.66. The number of phenols is 1. The number of carbonyl (C=O) groups excluding carboxylic acids is 1. The summed E-state index contributed by atoms with van der Waals surface area (Å²) in [4.78, 5) is 14.3. The lowest BCUT2D eigenvalue weighted by molar-refractivity contribution is 0.0750. The van der Waals surface area contributed by atoms with Gasteiger partial charge in [0.1, 0.15) is 5.75 Å². The average Bonchev–Trinajstić information content (AvgIpc) is 2.85. The van der Waals surface area contributed by atoms with Crippen LogP contribution in [-0.2, 0) is 13.1 Å². The zero-order chi connectivity index (χ0) is 13.4. The fourth-order valence-electron chi connectivity index (χ4n) is 2.50. The minimum Gasteiger partial charge on any atom is -0.508 e. The number of carbonyl (C=O) groups is 1. The average molecular weight is 253 g/mol. The van der Waals surface area contributed by atoms with Gasteiger partial charge in [0.05, 0.1) is 0 Å².